The number of aromatic amines is 1. The van der Waals surface area contributed by atoms with Gasteiger partial charge in [-0.2, -0.15) is 24.4 Å². The maximum atomic E-state index is 12.8. The number of carbonyl (C=O) groups excluding carboxylic acids is 3. The monoisotopic (exact) mass is 490 g/mol. The van der Waals surface area contributed by atoms with Gasteiger partial charge in [-0.1, -0.05) is 0 Å². The summed E-state index contributed by atoms with van der Waals surface area (Å²) in [5.41, 5.74) is 6.49. The lowest BCUT2D eigenvalue weighted by atomic mass is 10.1. The molecule has 5 atom stereocenters. The molecule has 0 saturated heterocycles. The van der Waals surface area contributed by atoms with Crippen LogP contribution < -0.4 is 21.7 Å². The first-order valence-corrected chi connectivity index (χ1v) is 11.8. The topological polar surface area (TPSA) is 200 Å². The Balaban J connectivity index is 2.84. The summed E-state index contributed by atoms with van der Waals surface area (Å²) in [6.45, 7) is 1.31. The van der Waals surface area contributed by atoms with Crippen molar-refractivity contribution in [2.75, 3.05) is 17.8 Å². The first kappa shape index (κ1) is 27.7. The third-order valence-corrected chi connectivity index (χ3v) is 5.44. The SMILES string of the molecule is CSCCC(NC(=O)C(NC(=O)C(N)Cc1cnc[nH]1)C(C)O)C(=O)NC(CS)C(=O)O. The van der Waals surface area contributed by atoms with Gasteiger partial charge in [-0.3, -0.25) is 14.4 Å². The van der Waals surface area contributed by atoms with Crippen LogP contribution in [-0.2, 0) is 25.6 Å². The fraction of sp³-hybridized carbons (Fsp3) is 0.611. The molecule has 0 aliphatic rings. The molecule has 14 heteroatoms. The molecular weight excluding hydrogens is 460 g/mol. The molecule has 0 bridgehead atoms. The highest BCUT2D eigenvalue weighted by atomic mass is 32.2. The minimum Gasteiger partial charge on any atom is -0.480 e. The summed E-state index contributed by atoms with van der Waals surface area (Å²) in [5, 5.41) is 26.3. The minimum absolute atomic E-state index is 0.134. The minimum atomic E-state index is -1.37. The Morgan fingerprint density at radius 1 is 1.19 bits per heavy atom. The van der Waals surface area contributed by atoms with E-state index in [2.05, 4.69) is 38.5 Å². The number of aliphatic hydroxyl groups excluding tert-OH is 1. The number of carboxylic acids is 1. The van der Waals surface area contributed by atoms with Crippen molar-refractivity contribution in [1.82, 2.24) is 25.9 Å². The number of aliphatic carboxylic acids is 1. The first-order valence-electron chi connectivity index (χ1n) is 9.75. The Kier molecular flexibility index (Phi) is 12.1. The normalized spacial score (nSPS) is 15.7. The van der Waals surface area contributed by atoms with Crippen LogP contribution >= 0.6 is 24.4 Å². The molecule has 1 heterocycles. The molecule has 0 aliphatic heterocycles. The number of imidazole rings is 1. The summed E-state index contributed by atoms with van der Waals surface area (Å²) < 4.78 is 0. The van der Waals surface area contributed by atoms with E-state index in [0.717, 1.165) is 0 Å². The molecule has 0 aromatic carbocycles. The van der Waals surface area contributed by atoms with Gasteiger partial charge in [-0.05, 0) is 25.4 Å². The second-order valence-corrected chi connectivity index (χ2v) is 8.39. The number of rotatable bonds is 14. The van der Waals surface area contributed by atoms with E-state index >= 15 is 0 Å². The highest BCUT2D eigenvalue weighted by molar-refractivity contribution is 7.98. The summed E-state index contributed by atoms with van der Waals surface area (Å²) in [5.74, 6) is -3.08. The van der Waals surface area contributed by atoms with Gasteiger partial charge < -0.3 is 36.9 Å². The second kappa shape index (κ2) is 14.0. The number of amides is 3. The fourth-order valence-electron chi connectivity index (χ4n) is 2.62. The van der Waals surface area contributed by atoms with Gasteiger partial charge >= 0.3 is 5.97 Å². The van der Waals surface area contributed by atoms with Crippen LogP contribution in [0.5, 0.6) is 0 Å². The molecule has 0 saturated carbocycles. The van der Waals surface area contributed by atoms with E-state index in [1.807, 2.05) is 6.26 Å². The van der Waals surface area contributed by atoms with Crippen molar-refractivity contribution >= 4 is 48.1 Å². The average Bonchev–Trinajstić information content (AvgIpc) is 3.24. The number of thiol groups is 1. The van der Waals surface area contributed by atoms with E-state index in [1.54, 1.807) is 0 Å². The van der Waals surface area contributed by atoms with Gasteiger partial charge in [0.2, 0.25) is 17.7 Å². The third kappa shape index (κ3) is 9.06. The zero-order chi connectivity index (χ0) is 24.3. The number of hydrogen-bond acceptors (Lipinski definition) is 9. The lowest BCUT2D eigenvalue weighted by molar-refractivity contribution is -0.141. The van der Waals surface area contributed by atoms with E-state index in [0.29, 0.717) is 11.4 Å². The highest BCUT2D eigenvalue weighted by Crippen LogP contribution is 2.05. The van der Waals surface area contributed by atoms with E-state index < -0.39 is 54.0 Å². The van der Waals surface area contributed by atoms with E-state index in [-0.39, 0.29) is 18.6 Å². The van der Waals surface area contributed by atoms with Crippen molar-refractivity contribution in [2.45, 2.75) is 50.0 Å². The summed E-state index contributed by atoms with van der Waals surface area (Å²) >= 11 is 5.33. The van der Waals surface area contributed by atoms with Crippen LogP contribution in [0.2, 0.25) is 0 Å². The predicted octanol–water partition coefficient (Wildman–Crippen LogP) is -2.12. The number of H-pyrrole nitrogens is 1. The number of nitrogens with two attached hydrogens (primary N) is 1. The largest absolute Gasteiger partial charge is 0.480 e. The van der Waals surface area contributed by atoms with Crippen molar-refractivity contribution in [3.05, 3.63) is 18.2 Å². The number of hydrogen-bond donors (Lipinski definition) is 8. The maximum Gasteiger partial charge on any atom is 0.327 e. The van der Waals surface area contributed by atoms with Crippen LogP contribution in [0.25, 0.3) is 0 Å². The van der Waals surface area contributed by atoms with Crippen molar-refractivity contribution < 1.29 is 29.4 Å². The number of aliphatic hydroxyl groups is 1. The van der Waals surface area contributed by atoms with Crippen LogP contribution in [0.1, 0.15) is 19.0 Å². The molecule has 180 valence electrons. The van der Waals surface area contributed by atoms with Crippen molar-refractivity contribution in [3.8, 4) is 0 Å². The Hall–Kier alpha value is -2.29. The summed E-state index contributed by atoms with van der Waals surface area (Å²) in [4.78, 5) is 55.6. The number of carbonyl (C=O) groups is 4. The van der Waals surface area contributed by atoms with Crippen molar-refractivity contribution in [1.29, 1.82) is 0 Å². The van der Waals surface area contributed by atoms with Gasteiger partial charge in [0.15, 0.2) is 0 Å². The van der Waals surface area contributed by atoms with Crippen molar-refractivity contribution in [3.63, 3.8) is 0 Å². The fourth-order valence-corrected chi connectivity index (χ4v) is 3.33. The number of thioether (sulfide) groups is 1. The standard InChI is InChI=1S/C18H30N6O6S2/c1-9(25)14(24-15(26)11(19)5-10-6-20-8-21-10)17(28)22-12(3-4-32-2)16(27)23-13(7-31)18(29)30/h6,8-9,11-14,25,31H,3-5,7,19H2,1-2H3,(H,20,21)(H,22,28)(H,23,27)(H,24,26)(H,29,30). The molecule has 5 unspecified atom stereocenters. The lowest BCUT2D eigenvalue weighted by Crippen LogP contribution is -2.60. The van der Waals surface area contributed by atoms with Crippen LogP contribution in [0.3, 0.4) is 0 Å². The molecule has 32 heavy (non-hydrogen) atoms. The molecule has 1 rings (SSSR count). The molecule has 3 amide bonds. The Bertz CT molecular complexity index is 763. The molecular formula is C18H30N6O6S2. The Labute approximate surface area is 195 Å². The lowest BCUT2D eigenvalue weighted by Gasteiger charge is -2.26. The van der Waals surface area contributed by atoms with Crippen LogP contribution in [0.4, 0.5) is 0 Å². The smallest absolute Gasteiger partial charge is 0.327 e. The van der Waals surface area contributed by atoms with E-state index in [9.17, 15) is 24.3 Å². The molecule has 0 radical (unpaired) electrons. The third-order valence-electron chi connectivity index (χ3n) is 4.43. The van der Waals surface area contributed by atoms with Crippen LogP contribution in [0, 0.1) is 0 Å². The van der Waals surface area contributed by atoms with Crippen LogP contribution in [-0.4, -0.2) is 91.9 Å². The van der Waals surface area contributed by atoms with Gasteiger partial charge in [-0.15, -0.1) is 0 Å². The Morgan fingerprint density at radius 2 is 1.84 bits per heavy atom. The highest BCUT2D eigenvalue weighted by Gasteiger charge is 2.32. The summed E-state index contributed by atoms with van der Waals surface area (Å²) in [6, 6.07) is -4.69. The van der Waals surface area contributed by atoms with E-state index in [1.165, 1.54) is 31.2 Å². The molecule has 1 aromatic heterocycles. The van der Waals surface area contributed by atoms with Gasteiger partial charge in [0.05, 0.1) is 18.5 Å². The van der Waals surface area contributed by atoms with Gasteiger partial charge in [0.1, 0.15) is 18.1 Å². The molecule has 0 aliphatic carbocycles. The van der Waals surface area contributed by atoms with Crippen molar-refractivity contribution in [2.24, 2.45) is 5.73 Å². The first-order chi connectivity index (χ1) is 15.1. The van der Waals surface area contributed by atoms with Gasteiger partial charge in [-0.25, -0.2) is 9.78 Å². The average molecular weight is 491 g/mol. The van der Waals surface area contributed by atoms with E-state index in [4.69, 9.17) is 10.8 Å². The molecule has 0 fully saturated rings. The molecule has 1 aromatic rings. The zero-order valence-electron chi connectivity index (χ0n) is 17.8. The van der Waals surface area contributed by atoms with Crippen LogP contribution in [0.15, 0.2) is 12.5 Å². The molecule has 12 nitrogen and oxygen atoms in total. The van der Waals surface area contributed by atoms with Gasteiger partial charge in [0.25, 0.3) is 0 Å². The second-order valence-electron chi connectivity index (χ2n) is 7.04. The molecule has 8 N–H and O–H groups in total. The maximum absolute atomic E-state index is 12.8. The van der Waals surface area contributed by atoms with Gasteiger partial charge in [0, 0.05) is 24.1 Å². The Morgan fingerprint density at radius 3 is 2.34 bits per heavy atom. The summed E-state index contributed by atoms with van der Waals surface area (Å²) in [7, 11) is 0. The predicted molar refractivity (Wildman–Crippen MR) is 122 cm³/mol. The molecule has 0 spiro atoms. The number of nitrogens with one attached hydrogen (secondary N) is 4. The number of aromatic nitrogens is 2. The summed E-state index contributed by atoms with van der Waals surface area (Å²) in [6.07, 6.45) is 3.82. The quantitative estimate of drug-likeness (QED) is 0.134. The number of nitrogens with zero attached hydrogens (tertiary/aromatic N) is 1. The zero-order valence-corrected chi connectivity index (χ0v) is 19.5. The number of carboxylic acid groups (broad SMARTS) is 1.